The molecular weight excluding hydrogens is 232 g/mol. The molecule has 0 radical (unpaired) electrons. The first-order valence-corrected chi connectivity index (χ1v) is 5.55. The molecule has 0 aromatic carbocycles. The number of hydrogen-bond donors (Lipinski definition) is 1. The van der Waals surface area contributed by atoms with Crippen molar-refractivity contribution in [2.75, 3.05) is 31.7 Å². The fourth-order valence-corrected chi connectivity index (χ4v) is 1.51. The Morgan fingerprint density at radius 3 is 3.00 bits per heavy atom. The Morgan fingerprint density at radius 2 is 2.39 bits per heavy atom. The van der Waals surface area contributed by atoms with Crippen LogP contribution in [-0.2, 0) is 4.74 Å². The molecule has 1 aromatic rings. The molecule has 0 aliphatic carbocycles. The number of nitriles is 1. The van der Waals surface area contributed by atoms with Crippen molar-refractivity contribution in [1.29, 1.82) is 5.26 Å². The largest absolute Gasteiger partial charge is 0.383 e. The molecule has 0 spiro atoms. The molecule has 0 saturated carbocycles. The molecule has 0 bridgehead atoms. The van der Waals surface area contributed by atoms with Crippen molar-refractivity contribution < 1.29 is 9.53 Å². The molecular formula is C12H16N4O2. The number of ether oxygens (including phenoxy) is 1. The second-order valence-corrected chi connectivity index (χ2v) is 3.65. The van der Waals surface area contributed by atoms with E-state index in [9.17, 15) is 4.79 Å². The third-order valence-corrected chi connectivity index (χ3v) is 2.42. The van der Waals surface area contributed by atoms with Gasteiger partial charge in [-0.3, -0.25) is 9.78 Å². The van der Waals surface area contributed by atoms with Crippen LogP contribution in [0.1, 0.15) is 16.9 Å². The minimum atomic E-state index is -0.566. The standard InChI is InChI=1S/C12H16N4O2/c1-18-8-7-16(6-2-4-13)10-3-5-15-11(9-10)12(14)17/h3,5,9H,2,6-8H2,1H3,(H2,14,17). The zero-order chi connectivity index (χ0) is 13.4. The third kappa shape index (κ3) is 4.03. The van der Waals surface area contributed by atoms with Gasteiger partial charge in [0.05, 0.1) is 19.1 Å². The molecule has 1 aromatic heterocycles. The first-order valence-electron chi connectivity index (χ1n) is 5.55. The first kappa shape index (κ1) is 13.9. The lowest BCUT2D eigenvalue weighted by molar-refractivity contribution is 0.0995. The summed E-state index contributed by atoms with van der Waals surface area (Å²) in [4.78, 5) is 16.9. The van der Waals surface area contributed by atoms with E-state index in [4.69, 9.17) is 15.7 Å². The summed E-state index contributed by atoms with van der Waals surface area (Å²) in [7, 11) is 1.61. The van der Waals surface area contributed by atoms with Crippen LogP contribution in [0.3, 0.4) is 0 Å². The molecule has 1 heterocycles. The average molecular weight is 248 g/mol. The summed E-state index contributed by atoms with van der Waals surface area (Å²) < 4.78 is 5.02. The summed E-state index contributed by atoms with van der Waals surface area (Å²) in [5.41, 5.74) is 6.21. The first-order chi connectivity index (χ1) is 8.69. The highest BCUT2D eigenvalue weighted by molar-refractivity contribution is 5.91. The highest BCUT2D eigenvalue weighted by Gasteiger charge is 2.09. The number of carbonyl (C=O) groups is 1. The van der Waals surface area contributed by atoms with Gasteiger partial charge in [-0.25, -0.2) is 0 Å². The van der Waals surface area contributed by atoms with Gasteiger partial charge >= 0.3 is 0 Å². The van der Waals surface area contributed by atoms with Gasteiger partial charge in [-0.15, -0.1) is 0 Å². The minimum absolute atomic E-state index is 0.215. The van der Waals surface area contributed by atoms with E-state index in [-0.39, 0.29) is 5.69 Å². The highest BCUT2D eigenvalue weighted by atomic mass is 16.5. The van der Waals surface area contributed by atoms with Gasteiger partial charge < -0.3 is 15.4 Å². The van der Waals surface area contributed by atoms with Crippen LogP contribution < -0.4 is 10.6 Å². The molecule has 1 rings (SSSR count). The minimum Gasteiger partial charge on any atom is -0.383 e. The summed E-state index contributed by atoms with van der Waals surface area (Å²) in [5, 5.41) is 8.64. The quantitative estimate of drug-likeness (QED) is 0.760. The van der Waals surface area contributed by atoms with E-state index in [0.29, 0.717) is 26.1 Å². The maximum atomic E-state index is 11.1. The lowest BCUT2D eigenvalue weighted by Crippen LogP contribution is -2.28. The Bertz CT molecular complexity index is 442. The second-order valence-electron chi connectivity index (χ2n) is 3.65. The van der Waals surface area contributed by atoms with E-state index in [1.807, 2.05) is 4.90 Å². The number of primary amides is 1. The number of carbonyl (C=O) groups excluding carboxylic acids is 1. The van der Waals surface area contributed by atoms with E-state index in [1.165, 1.54) is 6.20 Å². The Morgan fingerprint density at radius 1 is 1.61 bits per heavy atom. The van der Waals surface area contributed by atoms with Gasteiger partial charge in [0.2, 0.25) is 0 Å². The molecule has 6 nitrogen and oxygen atoms in total. The van der Waals surface area contributed by atoms with E-state index in [0.717, 1.165) is 5.69 Å². The molecule has 2 N–H and O–H groups in total. The maximum absolute atomic E-state index is 11.1. The van der Waals surface area contributed by atoms with E-state index in [1.54, 1.807) is 19.2 Å². The number of methoxy groups -OCH3 is 1. The molecule has 18 heavy (non-hydrogen) atoms. The van der Waals surface area contributed by atoms with Crippen molar-refractivity contribution in [2.45, 2.75) is 6.42 Å². The number of amides is 1. The average Bonchev–Trinajstić information content (AvgIpc) is 2.39. The van der Waals surface area contributed by atoms with Crippen LogP contribution in [0.5, 0.6) is 0 Å². The van der Waals surface area contributed by atoms with Crippen molar-refractivity contribution in [3.63, 3.8) is 0 Å². The second kappa shape index (κ2) is 7.25. The van der Waals surface area contributed by atoms with Crippen molar-refractivity contribution in [3.8, 4) is 6.07 Å². The fraction of sp³-hybridized carbons (Fsp3) is 0.417. The van der Waals surface area contributed by atoms with Crippen LogP contribution in [0.2, 0.25) is 0 Å². The van der Waals surface area contributed by atoms with Crippen molar-refractivity contribution in [2.24, 2.45) is 5.73 Å². The Hall–Kier alpha value is -2.13. The zero-order valence-corrected chi connectivity index (χ0v) is 10.3. The Kier molecular flexibility index (Phi) is 5.61. The number of rotatable bonds is 7. The van der Waals surface area contributed by atoms with Crippen molar-refractivity contribution >= 4 is 11.6 Å². The predicted molar refractivity (Wildman–Crippen MR) is 67.1 cm³/mol. The van der Waals surface area contributed by atoms with Gasteiger partial charge in [-0.1, -0.05) is 0 Å². The van der Waals surface area contributed by atoms with Gasteiger partial charge in [-0.05, 0) is 12.1 Å². The van der Waals surface area contributed by atoms with Gasteiger partial charge in [0.25, 0.3) is 5.91 Å². The Labute approximate surface area is 106 Å². The monoisotopic (exact) mass is 248 g/mol. The lowest BCUT2D eigenvalue weighted by atomic mass is 10.2. The van der Waals surface area contributed by atoms with Gasteiger partial charge in [0.1, 0.15) is 5.69 Å². The number of nitrogens with two attached hydrogens (primary N) is 1. The molecule has 0 saturated heterocycles. The van der Waals surface area contributed by atoms with Crippen LogP contribution in [-0.4, -0.2) is 37.7 Å². The number of pyridine rings is 1. The lowest BCUT2D eigenvalue weighted by Gasteiger charge is -2.23. The molecule has 1 amide bonds. The maximum Gasteiger partial charge on any atom is 0.267 e. The Balaban J connectivity index is 2.86. The molecule has 96 valence electrons. The zero-order valence-electron chi connectivity index (χ0n) is 10.3. The summed E-state index contributed by atoms with van der Waals surface area (Å²) in [6.07, 6.45) is 1.93. The van der Waals surface area contributed by atoms with E-state index >= 15 is 0 Å². The molecule has 0 fully saturated rings. The van der Waals surface area contributed by atoms with Gasteiger partial charge in [-0.2, -0.15) is 5.26 Å². The van der Waals surface area contributed by atoms with E-state index in [2.05, 4.69) is 11.1 Å². The van der Waals surface area contributed by atoms with Crippen molar-refractivity contribution in [3.05, 3.63) is 24.0 Å². The summed E-state index contributed by atoms with van der Waals surface area (Å²) in [5.74, 6) is -0.566. The summed E-state index contributed by atoms with van der Waals surface area (Å²) >= 11 is 0. The molecule has 0 aliphatic heterocycles. The normalized spacial score (nSPS) is 9.78. The molecule has 0 unspecified atom stereocenters. The molecule has 0 aliphatic rings. The van der Waals surface area contributed by atoms with E-state index < -0.39 is 5.91 Å². The third-order valence-electron chi connectivity index (χ3n) is 2.42. The molecule has 6 heteroatoms. The number of nitrogens with zero attached hydrogens (tertiary/aromatic N) is 3. The summed E-state index contributed by atoms with van der Waals surface area (Å²) in [6.45, 7) is 1.75. The fourth-order valence-electron chi connectivity index (χ4n) is 1.51. The number of aromatic nitrogens is 1. The smallest absolute Gasteiger partial charge is 0.267 e. The van der Waals surface area contributed by atoms with Crippen molar-refractivity contribution in [1.82, 2.24) is 4.98 Å². The molecule has 0 atom stereocenters. The van der Waals surface area contributed by atoms with Crippen LogP contribution >= 0.6 is 0 Å². The highest BCUT2D eigenvalue weighted by Crippen LogP contribution is 2.14. The SMILES string of the molecule is COCCN(CCC#N)c1ccnc(C(N)=O)c1. The number of anilines is 1. The van der Waals surface area contributed by atoms with Crippen LogP contribution in [0, 0.1) is 11.3 Å². The van der Waals surface area contributed by atoms with Crippen LogP contribution in [0.25, 0.3) is 0 Å². The topological polar surface area (TPSA) is 92.2 Å². The van der Waals surface area contributed by atoms with Gasteiger partial charge in [0, 0.05) is 32.1 Å². The van der Waals surface area contributed by atoms with Crippen LogP contribution in [0.15, 0.2) is 18.3 Å². The predicted octanol–water partition coefficient (Wildman–Crippen LogP) is 0.547. The summed E-state index contributed by atoms with van der Waals surface area (Å²) in [6, 6.07) is 5.49. The van der Waals surface area contributed by atoms with Crippen LogP contribution in [0.4, 0.5) is 5.69 Å². The number of hydrogen-bond acceptors (Lipinski definition) is 5. The van der Waals surface area contributed by atoms with Gasteiger partial charge in [0.15, 0.2) is 0 Å².